The Morgan fingerprint density at radius 2 is 1.40 bits per heavy atom. The average molecular weight is 571 g/mol. The Morgan fingerprint density at radius 3 is 2.02 bits per heavy atom. The van der Waals surface area contributed by atoms with Gasteiger partial charge in [0.2, 0.25) is 0 Å². The highest BCUT2D eigenvalue weighted by Crippen LogP contribution is 2.86. The molecule has 2 aromatic carbocycles. The van der Waals surface area contributed by atoms with Crippen LogP contribution in [-0.4, -0.2) is 58.9 Å². The summed E-state index contributed by atoms with van der Waals surface area (Å²) < 4.78 is 40.4. The van der Waals surface area contributed by atoms with E-state index >= 15 is 0 Å². The third-order valence-electron chi connectivity index (χ3n) is 12.7. The first-order valence-electron chi connectivity index (χ1n) is 15.5. The van der Waals surface area contributed by atoms with Crippen LogP contribution in [0, 0.1) is 18.3 Å². The molecule has 6 fully saturated rings. The molecule has 218 valence electrons. The van der Waals surface area contributed by atoms with Crippen molar-refractivity contribution in [2.45, 2.75) is 97.7 Å². The van der Waals surface area contributed by atoms with Gasteiger partial charge in [0.05, 0.1) is 25.2 Å². The summed E-state index contributed by atoms with van der Waals surface area (Å²) in [5.41, 5.74) is -4.15. The molecule has 0 aromatic heterocycles. The van der Waals surface area contributed by atoms with Crippen LogP contribution in [0.4, 0.5) is 0 Å². The van der Waals surface area contributed by atoms with E-state index in [2.05, 4.69) is 12.1 Å². The van der Waals surface area contributed by atoms with Gasteiger partial charge in [0.25, 0.3) is 0 Å². The molecule has 12 rings (SSSR count). The van der Waals surface area contributed by atoms with E-state index < -0.39 is 57.0 Å². The van der Waals surface area contributed by atoms with E-state index in [1.807, 2.05) is 43.3 Å². The van der Waals surface area contributed by atoms with Gasteiger partial charge in [0.1, 0.15) is 40.0 Å². The van der Waals surface area contributed by atoms with Crippen molar-refractivity contribution in [3.63, 3.8) is 0 Å². The zero-order valence-corrected chi connectivity index (χ0v) is 23.6. The van der Waals surface area contributed by atoms with Crippen molar-refractivity contribution in [3.8, 4) is 11.5 Å². The number of ether oxygens (including phenoxy) is 6. The number of carboxylic acid groups (broad SMARTS) is 1. The summed E-state index contributed by atoms with van der Waals surface area (Å²) in [4.78, 5) is 12.9. The molecule has 10 unspecified atom stereocenters. The van der Waals surface area contributed by atoms with Crippen LogP contribution in [0.15, 0.2) is 48.5 Å². The Labute approximate surface area is 244 Å². The summed E-state index contributed by atoms with van der Waals surface area (Å²) in [7, 11) is 0. The topological polar surface area (TPSA) is 99.3 Å². The molecule has 2 radical (unpaired) electrons. The Kier molecular flexibility index (Phi) is 4.23. The van der Waals surface area contributed by atoms with E-state index in [1.54, 1.807) is 0 Å². The molecule has 0 saturated carbocycles. The minimum Gasteiger partial charge on any atom is -0.494 e. The lowest BCUT2D eigenvalue weighted by Crippen LogP contribution is -2.69. The Hall–Kier alpha value is -2.65. The fourth-order valence-corrected chi connectivity index (χ4v) is 11.1. The average Bonchev–Trinajstić information content (AvgIpc) is 3.63. The first-order valence-corrected chi connectivity index (χ1v) is 15.5. The van der Waals surface area contributed by atoms with Gasteiger partial charge in [-0.3, -0.25) is 4.79 Å². The zero-order valence-electron chi connectivity index (χ0n) is 23.6. The highest BCUT2D eigenvalue weighted by molar-refractivity contribution is 5.74. The Balaban J connectivity index is 1.17. The maximum atomic E-state index is 12.9. The van der Waals surface area contributed by atoms with E-state index in [4.69, 9.17) is 35.3 Å². The first-order chi connectivity index (χ1) is 20.2. The van der Waals surface area contributed by atoms with E-state index in [0.717, 1.165) is 48.3 Å². The zero-order chi connectivity index (χ0) is 28.4. The minimum absolute atomic E-state index is 0.149. The Bertz CT molecular complexity index is 1540. The largest absolute Gasteiger partial charge is 0.494 e. The van der Waals surface area contributed by atoms with Crippen LogP contribution in [0.2, 0.25) is 0 Å². The minimum atomic E-state index is -1.15. The van der Waals surface area contributed by atoms with Crippen LogP contribution in [0.1, 0.15) is 63.0 Å². The summed E-state index contributed by atoms with van der Waals surface area (Å²) >= 11 is 0. The van der Waals surface area contributed by atoms with Crippen molar-refractivity contribution in [2.24, 2.45) is 11.3 Å². The second-order valence-corrected chi connectivity index (χ2v) is 14.0. The maximum absolute atomic E-state index is 12.9. The summed E-state index contributed by atoms with van der Waals surface area (Å²) in [6.07, 6.45) is 3.87. The highest BCUT2D eigenvalue weighted by atomic mass is 16.7. The van der Waals surface area contributed by atoms with E-state index in [-0.39, 0.29) is 12.5 Å². The van der Waals surface area contributed by atoms with Crippen molar-refractivity contribution in [1.29, 1.82) is 0 Å². The summed E-state index contributed by atoms with van der Waals surface area (Å²) in [5, 5.41) is 10.5. The number of hydrogen-bond acceptors (Lipinski definition) is 7. The van der Waals surface area contributed by atoms with Crippen LogP contribution in [0.25, 0.3) is 0 Å². The number of epoxide rings is 2. The van der Waals surface area contributed by atoms with Crippen molar-refractivity contribution in [2.75, 3.05) is 13.2 Å². The van der Waals surface area contributed by atoms with Crippen LogP contribution in [0.3, 0.4) is 0 Å². The molecule has 8 nitrogen and oxygen atoms in total. The summed E-state index contributed by atoms with van der Waals surface area (Å²) in [5.74, 6) is 0.0124. The van der Waals surface area contributed by atoms with Gasteiger partial charge < -0.3 is 33.5 Å². The van der Waals surface area contributed by atoms with Crippen LogP contribution in [0.5, 0.6) is 11.5 Å². The third-order valence-corrected chi connectivity index (χ3v) is 12.7. The van der Waals surface area contributed by atoms with Gasteiger partial charge in [-0.05, 0) is 87.3 Å². The molecule has 10 heterocycles. The fourth-order valence-electron chi connectivity index (χ4n) is 11.1. The van der Waals surface area contributed by atoms with Crippen LogP contribution >= 0.6 is 0 Å². The van der Waals surface area contributed by atoms with Gasteiger partial charge >= 0.3 is 5.97 Å². The molecule has 1 N–H and O–H groups in total. The van der Waals surface area contributed by atoms with Gasteiger partial charge in [-0.15, -0.1) is 0 Å². The fraction of sp³-hybridized carbons (Fsp3) is 0.588. The molecule has 10 aliphatic rings. The number of aliphatic carboxylic acids is 1. The molecule has 10 aliphatic heterocycles. The van der Waals surface area contributed by atoms with Crippen molar-refractivity contribution < 1.29 is 38.3 Å². The van der Waals surface area contributed by atoms with Gasteiger partial charge in [0, 0.05) is 5.41 Å². The first kappa shape index (κ1) is 24.8. The summed E-state index contributed by atoms with van der Waals surface area (Å²) in [6, 6.07) is 16.1. The SMILES string of the molecule is [CH]C(C)(C12CCC(O1)C13OC12CCCOc1ccc3cc1)C12CC(C(=O)O)C(O1)C13OC12CCCOc1ccc3cc1. The number of rotatable bonds is 3. The predicted molar refractivity (Wildman–Crippen MR) is 146 cm³/mol. The van der Waals surface area contributed by atoms with Crippen LogP contribution in [-0.2, 0) is 34.9 Å². The molecule has 0 amide bonds. The normalized spacial score (nSPS) is 48.4. The number of benzene rings is 2. The second-order valence-electron chi connectivity index (χ2n) is 14.0. The lowest BCUT2D eigenvalue weighted by molar-refractivity contribution is -0.236. The maximum Gasteiger partial charge on any atom is 0.309 e. The smallest absolute Gasteiger partial charge is 0.309 e. The van der Waals surface area contributed by atoms with Gasteiger partial charge in [-0.2, -0.15) is 0 Å². The molecule has 10 atom stereocenters. The third kappa shape index (κ3) is 2.24. The lowest BCUT2D eigenvalue weighted by atomic mass is 9.47. The standard InChI is InChI=1S/C34H34O8/c1-28(2,29-16-13-25(39-29)33-20-5-9-22(10-6-20)37-17-3-14-30(29,33)41-33)32-19-24(27(35)36)26(40-32)34-21-7-11-23(12-8-21)38-18-4-15-31(32,34)42-34/h1,5-12,24-26H,3-4,13-19H2,2H3,(H,35,36). The highest BCUT2D eigenvalue weighted by Gasteiger charge is 3.00. The second kappa shape index (κ2) is 7.17. The van der Waals surface area contributed by atoms with Gasteiger partial charge in [0.15, 0.2) is 11.2 Å². The molecular weight excluding hydrogens is 536 g/mol. The van der Waals surface area contributed by atoms with E-state index in [0.29, 0.717) is 26.1 Å². The Morgan fingerprint density at radius 1 is 0.833 bits per heavy atom. The molecule has 6 saturated heterocycles. The molecule has 42 heavy (non-hydrogen) atoms. The molecule has 8 heteroatoms. The lowest BCUT2D eigenvalue weighted by Gasteiger charge is -2.56. The van der Waals surface area contributed by atoms with E-state index in [9.17, 15) is 9.90 Å². The van der Waals surface area contributed by atoms with Gasteiger partial charge in [-0.1, -0.05) is 31.2 Å². The number of carboxylic acids is 1. The number of fused-ring (bicyclic) bond motifs is 14. The number of carbonyl (C=O) groups is 1. The predicted octanol–water partition coefficient (Wildman–Crippen LogP) is 4.55. The monoisotopic (exact) mass is 570 g/mol. The molecular formula is C34H34O8. The van der Waals surface area contributed by atoms with Crippen LogP contribution < -0.4 is 9.47 Å². The van der Waals surface area contributed by atoms with E-state index in [1.165, 1.54) is 0 Å². The van der Waals surface area contributed by atoms with Crippen molar-refractivity contribution in [3.05, 3.63) is 66.6 Å². The number of hydrogen-bond donors (Lipinski definition) is 1. The molecule has 0 aliphatic carbocycles. The molecule has 2 aromatic rings. The van der Waals surface area contributed by atoms with Gasteiger partial charge in [-0.25, -0.2) is 0 Å². The summed E-state index contributed by atoms with van der Waals surface area (Å²) in [6.45, 7) is 10.9. The molecule has 0 spiro atoms. The quantitative estimate of drug-likeness (QED) is 0.537. The van der Waals surface area contributed by atoms with Crippen molar-refractivity contribution >= 4 is 5.97 Å². The van der Waals surface area contributed by atoms with Crippen molar-refractivity contribution in [1.82, 2.24) is 0 Å². The molecule has 8 bridgehead atoms.